The second-order valence-electron chi connectivity index (χ2n) is 3.61. The first kappa shape index (κ1) is 13.8. The number of thioether (sulfide) groups is 1. The standard InChI is InChI=1S/C13H10FNO2S2/c14-11-7-9(2-4-12(16)17)1-3-10(11)8-19-13-15-5-6-18-13/h1-7H,8H2,(H,16,17). The van der Waals surface area contributed by atoms with Crippen LogP contribution < -0.4 is 0 Å². The maximum absolute atomic E-state index is 13.8. The van der Waals surface area contributed by atoms with E-state index in [0.29, 0.717) is 16.9 Å². The minimum absolute atomic E-state index is 0.336. The van der Waals surface area contributed by atoms with Gasteiger partial charge >= 0.3 is 5.97 Å². The Morgan fingerprint density at radius 1 is 1.53 bits per heavy atom. The summed E-state index contributed by atoms with van der Waals surface area (Å²) in [5.41, 5.74) is 1.11. The van der Waals surface area contributed by atoms with Gasteiger partial charge in [-0.05, 0) is 23.3 Å². The second-order valence-corrected chi connectivity index (χ2v) is 5.73. The highest BCUT2D eigenvalue weighted by Crippen LogP contribution is 2.26. The lowest BCUT2D eigenvalue weighted by atomic mass is 10.1. The summed E-state index contributed by atoms with van der Waals surface area (Å²) in [6, 6.07) is 4.69. The van der Waals surface area contributed by atoms with E-state index in [0.717, 1.165) is 10.4 Å². The van der Waals surface area contributed by atoms with Gasteiger partial charge in [0, 0.05) is 23.4 Å². The molecule has 19 heavy (non-hydrogen) atoms. The molecule has 0 amide bonds. The number of rotatable bonds is 5. The fraction of sp³-hybridized carbons (Fsp3) is 0.0769. The molecule has 1 aromatic carbocycles. The highest BCUT2D eigenvalue weighted by Gasteiger charge is 2.05. The van der Waals surface area contributed by atoms with Crippen molar-refractivity contribution in [2.24, 2.45) is 0 Å². The minimum Gasteiger partial charge on any atom is -0.478 e. The zero-order chi connectivity index (χ0) is 13.7. The Balaban J connectivity index is 2.04. The summed E-state index contributed by atoms with van der Waals surface area (Å²) in [6.07, 6.45) is 4.06. The Kier molecular flexibility index (Phi) is 4.70. The molecule has 0 fully saturated rings. The maximum atomic E-state index is 13.8. The molecule has 0 bridgehead atoms. The van der Waals surface area contributed by atoms with Crippen molar-refractivity contribution in [3.63, 3.8) is 0 Å². The van der Waals surface area contributed by atoms with Crippen LogP contribution in [0.1, 0.15) is 11.1 Å². The van der Waals surface area contributed by atoms with E-state index in [1.165, 1.54) is 35.2 Å². The van der Waals surface area contributed by atoms with Crippen molar-refractivity contribution < 1.29 is 14.3 Å². The van der Waals surface area contributed by atoms with E-state index < -0.39 is 5.97 Å². The van der Waals surface area contributed by atoms with Crippen molar-refractivity contribution in [3.8, 4) is 0 Å². The number of carboxylic acid groups (broad SMARTS) is 1. The van der Waals surface area contributed by atoms with Crippen molar-refractivity contribution in [1.82, 2.24) is 4.98 Å². The molecule has 1 aromatic heterocycles. The molecule has 1 N–H and O–H groups in total. The number of hydrogen-bond acceptors (Lipinski definition) is 4. The van der Waals surface area contributed by atoms with E-state index in [1.807, 2.05) is 5.38 Å². The molecule has 0 spiro atoms. The number of halogens is 1. The minimum atomic E-state index is -1.05. The summed E-state index contributed by atoms with van der Waals surface area (Å²) in [4.78, 5) is 14.5. The lowest BCUT2D eigenvalue weighted by molar-refractivity contribution is -0.131. The Morgan fingerprint density at radius 3 is 3.00 bits per heavy atom. The van der Waals surface area contributed by atoms with Crippen LogP contribution in [-0.4, -0.2) is 16.1 Å². The average molecular weight is 295 g/mol. The predicted octanol–water partition coefficient (Wildman–Crippen LogP) is 3.67. The second kappa shape index (κ2) is 6.49. The number of carbonyl (C=O) groups is 1. The highest BCUT2D eigenvalue weighted by molar-refractivity contribution is 8.00. The van der Waals surface area contributed by atoms with Gasteiger partial charge in [-0.3, -0.25) is 0 Å². The van der Waals surface area contributed by atoms with E-state index in [-0.39, 0.29) is 5.82 Å². The van der Waals surface area contributed by atoms with Gasteiger partial charge in [0.05, 0.1) is 0 Å². The topological polar surface area (TPSA) is 50.2 Å². The number of nitrogens with zero attached hydrogens (tertiary/aromatic N) is 1. The molecule has 0 unspecified atom stereocenters. The summed E-state index contributed by atoms with van der Waals surface area (Å²) in [7, 11) is 0. The van der Waals surface area contributed by atoms with Crippen molar-refractivity contribution in [3.05, 3.63) is 52.8 Å². The molecule has 0 atom stereocenters. The van der Waals surface area contributed by atoms with E-state index in [1.54, 1.807) is 18.3 Å². The van der Waals surface area contributed by atoms with Gasteiger partial charge in [0.1, 0.15) is 10.2 Å². The molecule has 2 rings (SSSR count). The summed E-state index contributed by atoms with van der Waals surface area (Å²) >= 11 is 2.99. The van der Waals surface area contributed by atoms with Crippen molar-refractivity contribution in [1.29, 1.82) is 0 Å². The van der Waals surface area contributed by atoms with Crippen LogP contribution in [0.2, 0.25) is 0 Å². The van der Waals surface area contributed by atoms with Crippen molar-refractivity contribution in [2.75, 3.05) is 0 Å². The van der Waals surface area contributed by atoms with Crippen LogP contribution >= 0.6 is 23.1 Å². The summed E-state index contributed by atoms with van der Waals surface area (Å²) < 4.78 is 14.7. The number of aromatic nitrogens is 1. The third-order valence-corrected chi connectivity index (χ3v) is 4.27. The summed E-state index contributed by atoms with van der Waals surface area (Å²) in [5, 5.41) is 10.4. The Morgan fingerprint density at radius 2 is 2.37 bits per heavy atom. The van der Waals surface area contributed by atoms with Crippen molar-refractivity contribution >= 4 is 35.1 Å². The van der Waals surface area contributed by atoms with Gasteiger partial charge in [-0.15, -0.1) is 11.3 Å². The van der Waals surface area contributed by atoms with Gasteiger partial charge in [0.2, 0.25) is 0 Å². The molecular formula is C13H10FNO2S2. The number of carboxylic acids is 1. The normalized spacial score (nSPS) is 11.0. The third-order valence-electron chi connectivity index (χ3n) is 2.26. The molecular weight excluding hydrogens is 285 g/mol. The maximum Gasteiger partial charge on any atom is 0.328 e. The molecule has 6 heteroatoms. The molecule has 0 radical (unpaired) electrons. The predicted molar refractivity (Wildman–Crippen MR) is 74.7 cm³/mol. The first-order chi connectivity index (χ1) is 9.15. The molecule has 0 saturated carbocycles. The highest BCUT2D eigenvalue weighted by atomic mass is 32.2. The first-order valence-electron chi connectivity index (χ1n) is 5.37. The zero-order valence-corrected chi connectivity index (χ0v) is 11.4. The van der Waals surface area contributed by atoms with E-state index in [4.69, 9.17) is 5.11 Å². The van der Waals surface area contributed by atoms with Gasteiger partial charge in [-0.25, -0.2) is 14.2 Å². The fourth-order valence-corrected chi connectivity index (χ4v) is 3.00. The Bertz CT molecular complexity index is 597. The SMILES string of the molecule is O=C(O)C=Cc1ccc(CSc2nccs2)c(F)c1. The number of hydrogen-bond donors (Lipinski definition) is 1. The Hall–Kier alpha value is -1.66. The number of benzene rings is 1. The fourth-order valence-electron chi connectivity index (χ4n) is 1.37. The van der Waals surface area contributed by atoms with Crippen LogP contribution in [0.25, 0.3) is 6.08 Å². The van der Waals surface area contributed by atoms with Gasteiger partial charge in [-0.2, -0.15) is 0 Å². The first-order valence-corrected chi connectivity index (χ1v) is 7.23. The lowest BCUT2D eigenvalue weighted by Crippen LogP contribution is -1.90. The molecule has 1 heterocycles. The smallest absolute Gasteiger partial charge is 0.328 e. The van der Waals surface area contributed by atoms with E-state index >= 15 is 0 Å². The molecule has 0 aliphatic heterocycles. The van der Waals surface area contributed by atoms with Gasteiger partial charge in [0.25, 0.3) is 0 Å². The molecule has 0 saturated heterocycles. The largest absolute Gasteiger partial charge is 0.478 e. The molecule has 98 valence electrons. The van der Waals surface area contributed by atoms with Gasteiger partial charge < -0.3 is 5.11 Å². The van der Waals surface area contributed by atoms with Gasteiger partial charge in [-0.1, -0.05) is 23.9 Å². The molecule has 0 aliphatic rings. The van der Waals surface area contributed by atoms with Crippen LogP contribution in [-0.2, 0) is 10.5 Å². The van der Waals surface area contributed by atoms with E-state index in [9.17, 15) is 9.18 Å². The third kappa shape index (κ3) is 4.18. The quantitative estimate of drug-likeness (QED) is 0.675. The van der Waals surface area contributed by atoms with Gasteiger partial charge in [0.15, 0.2) is 0 Å². The number of aliphatic carboxylic acids is 1. The monoisotopic (exact) mass is 295 g/mol. The van der Waals surface area contributed by atoms with Crippen LogP contribution in [0.3, 0.4) is 0 Å². The lowest BCUT2D eigenvalue weighted by Gasteiger charge is -2.02. The summed E-state index contributed by atoms with van der Waals surface area (Å²) in [6.45, 7) is 0. The van der Waals surface area contributed by atoms with Crippen molar-refractivity contribution in [2.45, 2.75) is 10.1 Å². The Labute approximate surface area is 117 Å². The molecule has 0 aliphatic carbocycles. The molecule has 3 nitrogen and oxygen atoms in total. The van der Waals surface area contributed by atoms with Crippen LogP contribution in [0.4, 0.5) is 4.39 Å². The molecule has 2 aromatic rings. The average Bonchev–Trinajstić information content (AvgIpc) is 2.88. The van der Waals surface area contributed by atoms with E-state index in [2.05, 4.69) is 4.98 Å². The van der Waals surface area contributed by atoms with Crippen LogP contribution in [0.15, 0.2) is 40.2 Å². The van der Waals surface area contributed by atoms with Crippen LogP contribution in [0, 0.1) is 5.82 Å². The number of thiazole rings is 1. The zero-order valence-electron chi connectivity index (χ0n) is 9.75. The summed E-state index contributed by atoms with van der Waals surface area (Å²) in [5.74, 6) is -0.886. The van der Waals surface area contributed by atoms with Crippen LogP contribution in [0.5, 0.6) is 0 Å².